The number of nitrogens with two attached hydrogens (primary N) is 1. The molecular weight excluding hydrogens is 424 g/mol. The van der Waals surface area contributed by atoms with Crippen molar-refractivity contribution in [3.8, 4) is 23.0 Å². The monoisotopic (exact) mass is 446 g/mol. The Kier molecular flexibility index (Phi) is 6.08. The predicted molar refractivity (Wildman–Crippen MR) is 113 cm³/mol. The first-order valence-electron chi connectivity index (χ1n) is 9.97. The van der Waals surface area contributed by atoms with Crippen LogP contribution in [0.1, 0.15) is 34.8 Å². The number of hydrogen-bond donors (Lipinski definition) is 1. The van der Waals surface area contributed by atoms with Gasteiger partial charge in [-0.25, -0.2) is 0 Å². The molecule has 164 valence electrons. The van der Waals surface area contributed by atoms with Crippen molar-refractivity contribution in [2.24, 2.45) is 5.73 Å². The second-order valence-corrected chi connectivity index (χ2v) is 7.71. The normalized spacial score (nSPS) is 17.4. The number of methoxy groups -OCH3 is 1. The third kappa shape index (κ3) is 4.34. The van der Waals surface area contributed by atoms with E-state index in [2.05, 4.69) is 0 Å². The van der Waals surface area contributed by atoms with E-state index in [-0.39, 0.29) is 35.1 Å². The van der Waals surface area contributed by atoms with Crippen LogP contribution in [-0.2, 0) is 4.79 Å². The molecule has 1 fully saturated rings. The number of primary amides is 1. The van der Waals surface area contributed by atoms with E-state index in [0.29, 0.717) is 36.8 Å². The van der Waals surface area contributed by atoms with Crippen molar-refractivity contribution in [2.75, 3.05) is 33.5 Å². The molecule has 9 heteroatoms. The number of benzene rings is 2. The van der Waals surface area contributed by atoms with Crippen LogP contribution in [0.4, 0.5) is 0 Å². The molecule has 0 aliphatic carbocycles. The lowest BCUT2D eigenvalue weighted by molar-refractivity contribution is -0.119. The molecule has 1 atom stereocenters. The highest BCUT2D eigenvalue weighted by atomic mass is 35.5. The topological polar surface area (TPSA) is 100 Å². The number of ether oxygens (including phenoxy) is 4. The number of amides is 2. The van der Waals surface area contributed by atoms with E-state index < -0.39 is 5.91 Å². The molecule has 2 aliphatic rings. The fourth-order valence-electron chi connectivity index (χ4n) is 3.92. The molecule has 0 unspecified atom stereocenters. The van der Waals surface area contributed by atoms with E-state index in [1.54, 1.807) is 6.07 Å². The highest BCUT2D eigenvalue weighted by Crippen LogP contribution is 2.41. The number of carbonyl (C=O) groups is 2. The molecule has 0 radical (unpaired) electrons. The van der Waals surface area contributed by atoms with E-state index in [1.165, 1.54) is 13.2 Å². The maximum absolute atomic E-state index is 13.4. The summed E-state index contributed by atoms with van der Waals surface area (Å²) in [6.45, 7) is 1.31. The quantitative estimate of drug-likeness (QED) is 0.732. The van der Waals surface area contributed by atoms with Gasteiger partial charge >= 0.3 is 0 Å². The van der Waals surface area contributed by atoms with Gasteiger partial charge in [-0.3, -0.25) is 9.59 Å². The molecule has 1 saturated heterocycles. The van der Waals surface area contributed by atoms with Crippen LogP contribution >= 0.6 is 11.6 Å². The van der Waals surface area contributed by atoms with Gasteiger partial charge in [0.15, 0.2) is 29.6 Å². The molecular formula is C22H23ClN2O6. The van der Waals surface area contributed by atoms with Crippen LogP contribution in [0.3, 0.4) is 0 Å². The number of hydrogen-bond acceptors (Lipinski definition) is 6. The molecule has 2 aliphatic heterocycles. The lowest BCUT2D eigenvalue weighted by atomic mass is 10.0. The van der Waals surface area contributed by atoms with Gasteiger partial charge in [0.2, 0.25) is 0 Å². The van der Waals surface area contributed by atoms with Crippen LogP contribution in [0.25, 0.3) is 0 Å². The highest BCUT2D eigenvalue weighted by molar-refractivity contribution is 6.32. The Hall–Kier alpha value is -3.13. The molecule has 0 saturated carbocycles. The minimum absolute atomic E-state index is 0.0844. The number of nitrogens with zero attached hydrogens (tertiary/aromatic N) is 1. The third-order valence-electron chi connectivity index (χ3n) is 5.30. The number of rotatable bonds is 6. The lowest BCUT2D eigenvalue weighted by Crippen LogP contribution is -2.30. The van der Waals surface area contributed by atoms with Crippen molar-refractivity contribution >= 4 is 23.4 Å². The Labute approximate surface area is 184 Å². The Morgan fingerprint density at radius 1 is 1.19 bits per heavy atom. The summed E-state index contributed by atoms with van der Waals surface area (Å²) < 4.78 is 22.0. The molecule has 2 heterocycles. The molecule has 0 bridgehead atoms. The van der Waals surface area contributed by atoms with Crippen molar-refractivity contribution in [2.45, 2.75) is 18.9 Å². The SMILES string of the molecule is COc1cc(C(=O)N2CCC[C@H]2c2ccc3c(c2)OCCO3)cc(Cl)c1OCC(N)=O. The van der Waals surface area contributed by atoms with Crippen LogP contribution in [0.5, 0.6) is 23.0 Å². The predicted octanol–water partition coefficient (Wildman–Crippen LogP) is 2.96. The van der Waals surface area contributed by atoms with Gasteiger partial charge in [0.1, 0.15) is 13.2 Å². The van der Waals surface area contributed by atoms with E-state index in [0.717, 1.165) is 18.4 Å². The second-order valence-electron chi connectivity index (χ2n) is 7.30. The van der Waals surface area contributed by atoms with Crippen LogP contribution in [0, 0.1) is 0 Å². The summed E-state index contributed by atoms with van der Waals surface area (Å²) in [5.74, 6) is 1.03. The molecule has 0 spiro atoms. The molecule has 8 nitrogen and oxygen atoms in total. The van der Waals surface area contributed by atoms with Crippen molar-refractivity contribution in [1.82, 2.24) is 4.90 Å². The summed E-state index contributed by atoms with van der Waals surface area (Å²) in [4.78, 5) is 26.2. The fourth-order valence-corrected chi connectivity index (χ4v) is 4.18. The number of carbonyl (C=O) groups excluding carboxylic acids is 2. The lowest BCUT2D eigenvalue weighted by Gasteiger charge is -2.27. The second kappa shape index (κ2) is 8.93. The average molecular weight is 447 g/mol. The summed E-state index contributed by atoms with van der Waals surface area (Å²) in [5.41, 5.74) is 6.50. The van der Waals surface area contributed by atoms with Crippen LogP contribution in [0.2, 0.25) is 5.02 Å². The molecule has 0 aromatic heterocycles. The van der Waals surface area contributed by atoms with Gasteiger partial charge in [0, 0.05) is 12.1 Å². The van der Waals surface area contributed by atoms with Gasteiger partial charge in [-0.05, 0) is 42.7 Å². The average Bonchev–Trinajstić information content (AvgIpc) is 3.26. The summed E-state index contributed by atoms with van der Waals surface area (Å²) in [7, 11) is 1.44. The van der Waals surface area contributed by atoms with E-state index in [9.17, 15) is 9.59 Å². The van der Waals surface area contributed by atoms with E-state index in [1.807, 2.05) is 23.1 Å². The van der Waals surface area contributed by atoms with E-state index >= 15 is 0 Å². The standard InChI is InChI=1S/C22H23ClN2O6/c1-28-19-11-14(9-15(23)21(19)31-12-20(24)26)22(27)25-6-2-3-16(25)13-4-5-17-18(10-13)30-8-7-29-17/h4-5,9-11,16H,2-3,6-8,12H2,1H3,(H2,24,26)/t16-/m0/s1. The van der Waals surface area contributed by atoms with Gasteiger partial charge in [-0.2, -0.15) is 0 Å². The Morgan fingerprint density at radius 3 is 2.71 bits per heavy atom. The molecule has 31 heavy (non-hydrogen) atoms. The fraction of sp³-hybridized carbons (Fsp3) is 0.364. The van der Waals surface area contributed by atoms with Crippen LogP contribution in [0.15, 0.2) is 30.3 Å². The Morgan fingerprint density at radius 2 is 1.97 bits per heavy atom. The minimum Gasteiger partial charge on any atom is -0.493 e. The Bertz CT molecular complexity index is 1010. The first-order chi connectivity index (χ1) is 15.0. The zero-order chi connectivity index (χ0) is 22.0. The molecule has 4 rings (SSSR count). The van der Waals surface area contributed by atoms with Crippen molar-refractivity contribution in [3.05, 3.63) is 46.5 Å². The van der Waals surface area contributed by atoms with Crippen molar-refractivity contribution in [3.63, 3.8) is 0 Å². The maximum atomic E-state index is 13.4. The first-order valence-corrected chi connectivity index (χ1v) is 10.3. The number of fused-ring (bicyclic) bond motifs is 1. The summed E-state index contributed by atoms with van der Waals surface area (Å²) in [6, 6.07) is 8.79. The summed E-state index contributed by atoms with van der Waals surface area (Å²) in [5, 5.41) is 0.166. The number of halogens is 1. The highest BCUT2D eigenvalue weighted by Gasteiger charge is 2.32. The first kappa shape index (κ1) is 21.1. The zero-order valence-corrected chi connectivity index (χ0v) is 17.8. The van der Waals surface area contributed by atoms with Gasteiger partial charge < -0.3 is 29.6 Å². The smallest absolute Gasteiger partial charge is 0.255 e. The van der Waals surface area contributed by atoms with E-state index in [4.69, 9.17) is 36.3 Å². The van der Waals surface area contributed by atoms with Crippen LogP contribution in [-0.4, -0.2) is 50.2 Å². The summed E-state index contributed by atoms with van der Waals surface area (Å²) in [6.07, 6.45) is 1.73. The van der Waals surface area contributed by atoms with Gasteiger partial charge in [0.25, 0.3) is 11.8 Å². The number of likely N-dealkylation sites (tertiary alicyclic amines) is 1. The van der Waals surface area contributed by atoms with Gasteiger partial charge in [-0.1, -0.05) is 17.7 Å². The molecule has 2 amide bonds. The van der Waals surface area contributed by atoms with Crippen LogP contribution < -0.4 is 24.7 Å². The molecule has 2 aromatic carbocycles. The third-order valence-corrected chi connectivity index (χ3v) is 5.58. The molecule has 2 N–H and O–H groups in total. The van der Waals surface area contributed by atoms with Gasteiger partial charge in [-0.15, -0.1) is 0 Å². The van der Waals surface area contributed by atoms with Gasteiger partial charge in [0.05, 0.1) is 18.2 Å². The largest absolute Gasteiger partial charge is 0.493 e. The zero-order valence-electron chi connectivity index (χ0n) is 17.1. The van der Waals surface area contributed by atoms with Crippen molar-refractivity contribution < 1.29 is 28.5 Å². The minimum atomic E-state index is -0.641. The summed E-state index contributed by atoms with van der Waals surface area (Å²) >= 11 is 6.32. The Balaban J connectivity index is 1.59. The maximum Gasteiger partial charge on any atom is 0.255 e. The molecule has 2 aromatic rings. The van der Waals surface area contributed by atoms with Crippen molar-refractivity contribution in [1.29, 1.82) is 0 Å².